The third kappa shape index (κ3) is 8.13. The first-order chi connectivity index (χ1) is 11.7. The van der Waals surface area contributed by atoms with Gasteiger partial charge in [-0.05, 0) is 24.5 Å². The second kappa shape index (κ2) is 10.1. The van der Waals surface area contributed by atoms with Gasteiger partial charge in [0.15, 0.2) is 0 Å². The van der Waals surface area contributed by atoms with Crippen LogP contribution in [-0.4, -0.2) is 41.7 Å². The molecule has 8 heteroatoms. The van der Waals surface area contributed by atoms with Crippen LogP contribution >= 0.6 is 0 Å². The van der Waals surface area contributed by atoms with Crippen LogP contribution in [0.1, 0.15) is 54.9 Å². The summed E-state index contributed by atoms with van der Waals surface area (Å²) in [5, 5.41) is 11.2. The van der Waals surface area contributed by atoms with Gasteiger partial charge >= 0.3 is 5.97 Å². The average Bonchev–Trinajstić information content (AvgIpc) is 2.53. The van der Waals surface area contributed by atoms with E-state index in [1.165, 1.54) is 0 Å². The van der Waals surface area contributed by atoms with Gasteiger partial charge < -0.3 is 10.4 Å². The maximum atomic E-state index is 12.4. The van der Waals surface area contributed by atoms with E-state index in [1.807, 2.05) is 0 Å². The van der Waals surface area contributed by atoms with Crippen LogP contribution in [0.3, 0.4) is 0 Å². The molecule has 0 aliphatic heterocycles. The molecule has 0 aromatic heterocycles. The summed E-state index contributed by atoms with van der Waals surface area (Å²) >= 11 is 0. The van der Waals surface area contributed by atoms with Gasteiger partial charge in [0.2, 0.25) is 0 Å². The Kier molecular flexibility index (Phi) is 8.57. The highest BCUT2D eigenvalue weighted by Crippen LogP contribution is 2.14. The largest absolute Gasteiger partial charge is 0.480 e. The minimum atomic E-state index is -4.52. The van der Waals surface area contributed by atoms with Gasteiger partial charge in [0.05, 0.1) is 0 Å². The lowest BCUT2D eigenvalue weighted by atomic mass is 10.00. The van der Waals surface area contributed by atoms with E-state index in [0.29, 0.717) is 12.0 Å². The predicted molar refractivity (Wildman–Crippen MR) is 94.2 cm³/mol. The van der Waals surface area contributed by atoms with Gasteiger partial charge in [-0.2, -0.15) is 8.42 Å². The number of nitrogens with one attached hydrogen (secondary N) is 1. The number of aryl methyl sites for hydroxylation is 1. The van der Waals surface area contributed by atoms with Crippen molar-refractivity contribution in [2.75, 3.05) is 5.75 Å². The molecule has 0 aliphatic carbocycles. The van der Waals surface area contributed by atoms with Crippen LogP contribution in [0.15, 0.2) is 24.3 Å². The Morgan fingerprint density at radius 3 is 2.36 bits per heavy atom. The Hall–Kier alpha value is -1.93. The molecule has 1 aromatic carbocycles. The first-order valence-corrected chi connectivity index (χ1v) is 9.92. The molecule has 0 radical (unpaired) electrons. The fraction of sp³-hybridized carbons (Fsp3) is 0.529. The highest BCUT2D eigenvalue weighted by Gasteiger charge is 2.26. The van der Waals surface area contributed by atoms with E-state index in [4.69, 9.17) is 9.66 Å². The number of hydrogen-bond donors (Lipinski definition) is 3. The Bertz CT molecular complexity index is 686. The number of hydrogen-bond acceptors (Lipinski definition) is 4. The zero-order valence-electron chi connectivity index (χ0n) is 14.3. The summed E-state index contributed by atoms with van der Waals surface area (Å²) in [6.07, 6.45) is 6.08. The van der Waals surface area contributed by atoms with E-state index in [9.17, 15) is 18.0 Å². The van der Waals surface area contributed by atoms with Crippen LogP contribution in [0.4, 0.5) is 0 Å². The lowest BCUT2D eigenvalue weighted by Crippen LogP contribution is -2.45. The summed E-state index contributed by atoms with van der Waals surface area (Å²) in [7, 11) is -4.52. The quantitative estimate of drug-likeness (QED) is 0.405. The molecule has 25 heavy (non-hydrogen) atoms. The number of rotatable bonds is 11. The lowest BCUT2D eigenvalue weighted by molar-refractivity contribution is -0.138. The summed E-state index contributed by atoms with van der Waals surface area (Å²) < 4.78 is 30.6. The van der Waals surface area contributed by atoms with Crippen molar-refractivity contribution < 1.29 is 27.7 Å². The van der Waals surface area contributed by atoms with Crippen molar-refractivity contribution >= 4 is 22.0 Å². The third-order valence-corrected chi connectivity index (χ3v) is 4.55. The number of carboxylic acid groups (broad SMARTS) is 1. The molecular weight excluding hydrogens is 346 g/mol. The Labute approximate surface area is 148 Å². The minimum Gasteiger partial charge on any atom is -0.480 e. The van der Waals surface area contributed by atoms with Crippen LogP contribution < -0.4 is 5.32 Å². The van der Waals surface area contributed by atoms with Crippen molar-refractivity contribution in [1.29, 1.82) is 0 Å². The zero-order chi connectivity index (χ0) is 18.9. The van der Waals surface area contributed by atoms with Crippen LogP contribution in [-0.2, 0) is 21.3 Å². The molecule has 1 rings (SSSR count). The first kappa shape index (κ1) is 21.1. The molecule has 0 aliphatic rings. The third-order valence-electron chi connectivity index (χ3n) is 3.79. The van der Waals surface area contributed by atoms with Crippen LogP contribution in [0.5, 0.6) is 0 Å². The van der Waals surface area contributed by atoms with E-state index in [0.717, 1.165) is 37.7 Å². The number of amides is 1. The number of carbonyl (C=O) groups is 2. The molecule has 0 saturated carbocycles. The molecule has 3 N–H and O–H groups in total. The summed E-state index contributed by atoms with van der Waals surface area (Å²) in [6, 6.07) is 5.12. The fourth-order valence-electron chi connectivity index (χ4n) is 2.50. The molecule has 140 valence electrons. The molecule has 1 amide bonds. The van der Waals surface area contributed by atoms with Gasteiger partial charge in [0, 0.05) is 5.56 Å². The lowest BCUT2D eigenvalue weighted by Gasteiger charge is -2.15. The Balaban J connectivity index is 2.78. The van der Waals surface area contributed by atoms with E-state index in [-0.39, 0.29) is 0 Å². The van der Waals surface area contributed by atoms with Gasteiger partial charge in [-0.15, -0.1) is 0 Å². The smallest absolute Gasteiger partial charge is 0.327 e. The molecule has 7 nitrogen and oxygen atoms in total. The average molecular weight is 371 g/mol. The Morgan fingerprint density at radius 1 is 1.12 bits per heavy atom. The minimum absolute atomic E-state index is 0.319. The van der Waals surface area contributed by atoms with Gasteiger partial charge in [0.25, 0.3) is 16.0 Å². The normalized spacial score (nSPS) is 12.6. The Morgan fingerprint density at radius 2 is 1.76 bits per heavy atom. The molecular formula is C17H25NO6S. The molecule has 0 heterocycles. The molecule has 0 spiro atoms. The van der Waals surface area contributed by atoms with Crippen LogP contribution in [0.25, 0.3) is 0 Å². The SMILES string of the molecule is CCCCCCCc1ccccc1C(=O)N[C@@H](CS(=O)(=O)O)C(=O)O. The molecule has 0 saturated heterocycles. The fourth-order valence-corrected chi connectivity index (χ4v) is 3.15. The van der Waals surface area contributed by atoms with Crippen LogP contribution in [0, 0.1) is 0 Å². The number of benzene rings is 1. The molecule has 0 bridgehead atoms. The van der Waals surface area contributed by atoms with E-state index < -0.39 is 33.8 Å². The first-order valence-electron chi connectivity index (χ1n) is 8.31. The second-order valence-electron chi connectivity index (χ2n) is 5.93. The summed E-state index contributed by atoms with van der Waals surface area (Å²) in [6.45, 7) is 2.13. The highest BCUT2D eigenvalue weighted by atomic mass is 32.2. The van der Waals surface area contributed by atoms with Crippen molar-refractivity contribution in [1.82, 2.24) is 5.32 Å². The van der Waals surface area contributed by atoms with Crippen molar-refractivity contribution in [3.63, 3.8) is 0 Å². The second-order valence-corrected chi connectivity index (χ2v) is 7.43. The zero-order valence-corrected chi connectivity index (χ0v) is 15.1. The van der Waals surface area contributed by atoms with Gasteiger partial charge in [-0.1, -0.05) is 50.8 Å². The van der Waals surface area contributed by atoms with Crippen molar-refractivity contribution in [2.24, 2.45) is 0 Å². The van der Waals surface area contributed by atoms with E-state index in [2.05, 4.69) is 12.2 Å². The number of carbonyl (C=O) groups excluding carboxylic acids is 1. The van der Waals surface area contributed by atoms with Crippen molar-refractivity contribution in [3.05, 3.63) is 35.4 Å². The van der Waals surface area contributed by atoms with E-state index in [1.54, 1.807) is 24.3 Å². The molecule has 0 unspecified atom stereocenters. The molecule has 1 atom stereocenters. The van der Waals surface area contributed by atoms with Gasteiger partial charge in [-0.3, -0.25) is 9.35 Å². The maximum Gasteiger partial charge on any atom is 0.327 e. The monoisotopic (exact) mass is 371 g/mol. The number of aliphatic carboxylic acids is 1. The molecule has 0 fully saturated rings. The topological polar surface area (TPSA) is 121 Å². The summed E-state index contributed by atoms with van der Waals surface area (Å²) in [5.74, 6) is -3.27. The van der Waals surface area contributed by atoms with Crippen LogP contribution in [0.2, 0.25) is 0 Å². The summed E-state index contributed by atoms with van der Waals surface area (Å²) in [4.78, 5) is 23.5. The van der Waals surface area contributed by atoms with Crippen molar-refractivity contribution in [3.8, 4) is 0 Å². The molecule has 1 aromatic rings. The maximum absolute atomic E-state index is 12.4. The van der Waals surface area contributed by atoms with Crippen molar-refractivity contribution in [2.45, 2.75) is 51.5 Å². The standard InChI is InChI=1S/C17H25NO6S/c1-2-3-4-5-6-9-13-10-7-8-11-14(13)16(19)18-15(17(20)21)12-25(22,23)24/h7-8,10-11,15H,2-6,9,12H2,1H3,(H,18,19)(H,20,21)(H,22,23,24)/t15-/m0/s1. The van der Waals surface area contributed by atoms with Gasteiger partial charge in [0.1, 0.15) is 11.8 Å². The summed E-state index contributed by atoms with van der Waals surface area (Å²) in [5.41, 5.74) is 1.10. The number of unbranched alkanes of at least 4 members (excludes halogenated alkanes) is 4. The highest BCUT2D eigenvalue weighted by molar-refractivity contribution is 7.85. The van der Waals surface area contributed by atoms with Gasteiger partial charge in [-0.25, -0.2) is 4.79 Å². The predicted octanol–water partition coefficient (Wildman–Crippen LogP) is 2.27. The van der Waals surface area contributed by atoms with E-state index >= 15 is 0 Å². The number of carboxylic acids is 1.